The van der Waals surface area contributed by atoms with Crippen LogP contribution in [0.4, 0.5) is 0 Å². The summed E-state index contributed by atoms with van der Waals surface area (Å²) in [5.41, 5.74) is 1.90. The Morgan fingerprint density at radius 1 is 1.12 bits per heavy atom. The first-order valence-electron chi connectivity index (χ1n) is 8.15. The number of hydrogen-bond donors (Lipinski definition) is 3. The summed E-state index contributed by atoms with van der Waals surface area (Å²) < 4.78 is 27.6. The molecule has 8 heteroatoms. The molecule has 0 aliphatic carbocycles. The molecule has 0 radical (unpaired) electrons. The van der Waals surface area contributed by atoms with E-state index in [2.05, 4.69) is 5.32 Å². The second kappa shape index (κ2) is 8.79. The number of quaternary nitrogens is 1. The maximum absolute atomic E-state index is 12.2. The summed E-state index contributed by atoms with van der Waals surface area (Å²) in [5, 5.41) is 9.85. The highest BCUT2D eigenvalue weighted by atomic mass is 32.2. The van der Waals surface area contributed by atoms with Gasteiger partial charge in [-0.3, -0.25) is 4.79 Å². The fourth-order valence-corrected chi connectivity index (χ4v) is 2.84. The normalized spacial score (nSPS) is 12.4. The van der Waals surface area contributed by atoms with E-state index in [9.17, 15) is 13.2 Å². The number of ether oxygens (including phenoxy) is 1. The lowest BCUT2D eigenvalue weighted by atomic mass is 10.2. The van der Waals surface area contributed by atoms with Gasteiger partial charge in [0, 0.05) is 12.1 Å². The molecule has 7 nitrogen and oxygen atoms in total. The Labute approximate surface area is 153 Å². The molecule has 0 spiro atoms. The summed E-state index contributed by atoms with van der Waals surface area (Å²) in [6.45, 7) is 2.83. The highest BCUT2D eigenvalue weighted by Gasteiger charge is 2.15. The van der Waals surface area contributed by atoms with Gasteiger partial charge >= 0.3 is 0 Å². The molecule has 2 aromatic carbocycles. The van der Waals surface area contributed by atoms with E-state index in [1.54, 1.807) is 19.2 Å². The van der Waals surface area contributed by atoms with E-state index in [1.165, 1.54) is 12.1 Å². The molecular formula is C18H24N3O4S+. The monoisotopic (exact) mass is 378 g/mol. The lowest BCUT2D eigenvalue weighted by Gasteiger charge is -2.12. The van der Waals surface area contributed by atoms with Crippen LogP contribution in [0.15, 0.2) is 53.4 Å². The zero-order valence-corrected chi connectivity index (χ0v) is 15.6. The molecule has 0 heterocycles. The molecule has 1 atom stereocenters. The van der Waals surface area contributed by atoms with Crippen LogP contribution >= 0.6 is 0 Å². The van der Waals surface area contributed by atoms with Crippen LogP contribution in [0.1, 0.15) is 18.1 Å². The molecule has 2 aromatic rings. The van der Waals surface area contributed by atoms with Gasteiger partial charge in [-0.05, 0) is 36.8 Å². The molecule has 0 bridgehead atoms. The fourth-order valence-electron chi connectivity index (χ4n) is 2.33. The Kier molecular flexibility index (Phi) is 6.73. The number of primary sulfonamides is 1. The zero-order valence-electron chi connectivity index (χ0n) is 14.8. The fraction of sp³-hybridized carbons (Fsp3) is 0.278. The minimum Gasteiger partial charge on any atom is -0.497 e. The van der Waals surface area contributed by atoms with E-state index in [-0.39, 0.29) is 16.8 Å². The van der Waals surface area contributed by atoms with Crippen LogP contribution < -0.4 is 20.5 Å². The number of hydrogen-bond acceptors (Lipinski definition) is 4. The van der Waals surface area contributed by atoms with Crippen LogP contribution in [0, 0.1) is 0 Å². The van der Waals surface area contributed by atoms with E-state index < -0.39 is 10.0 Å². The molecule has 0 fully saturated rings. The Bertz CT molecular complexity index is 834. The number of nitrogens with one attached hydrogen (secondary N) is 1. The third-order valence-corrected chi connectivity index (χ3v) is 4.93. The Balaban J connectivity index is 1.81. The molecule has 1 amide bonds. The number of carbonyl (C=O) groups is 1. The van der Waals surface area contributed by atoms with E-state index in [0.717, 1.165) is 16.9 Å². The van der Waals surface area contributed by atoms with Gasteiger partial charge in [0.05, 0.1) is 12.0 Å². The Morgan fingerprint density at radius 3 is 2.23 bits per heavy atom. The Hall–Kier alpha value is -2.42. The molecule has 0 aliphatic rings. The molecule has 0 unspecified atom stereocenters. The average Bonchev–Trinajstić information content (AvgIpc) is 2.64. The summed E-state index contributed by atoms with van der Waals surface area (Å²) in [5.74, 6) is 0.706. The van der Waals surface area contributed by atoms with Crippen molar-refractivity contribution < 1.29 is 23.3 Å². The summed E-state index contributed by atoms with van der Waals surface area (Å²) in [6.07, 6.45) is 0. The molecule has 0 saturated heterocycles. The second-order valence-electron chi connectivity index (χ2n) is 5.98. The van der Waals surface area contributed by atoms with Gasteiger partial charge in [0.1, 0.15) is 12.3 Å². The first-order chi connectivity index (χ1) is 12.3. The number of sulfonamides is 1. The summed E-state index contributed by atoms with van der Waals surface area (Å²) in [4.78, 5) is 12.3. The van der Waals surface area contributed by atoms with Crippen molar-refractivity contribution in [2.75, 3.05) is 7.11 Å². The van der Waals surface area contributed by atoms with Gasteiger partial charge < -0.3 is 15.4 Å². The SMILES string of the molecule is COc1ccc(CNC(=O)[C@@H](C)[NH2+]Cc2ccc(S(N)(=O)=O)cc2)cc1. The average molecular weight is 378 g/mol. The predicted octanol–water partition coefficient (Wildman–Crippen LogP) is 0.111. The molecule has 0 aliphatic heterocycles. The topological polar surface area (TPSA) is 115 Å². The number of amides is 1. The van der Waals surface area contributed by atoms with Crippen molar-refractivity contribution in [3.8, 4) is 5.75 Å². The molecule has 140 valence electrons. The molecule has 0 aromatic heterocycles. The summed E-state index contributed by atoms with van der Waals surface area (Å²) >= 11 is 0. The Morgan fingerprint density at radius 2 is 1.69 bits per heavy atom. The number of rotatable bonds is 8. The van der Waals surface area contributed by atoms with Gasteiger partial charge in [-0.1, -0.05) is 24.3 Å². The van der Waals surface area contributed by atoms with Crippen LogP contribution in [-0.4, -0.2) is 27.5 Å². The number of benzene rings is 2. The minimum absolute atomic E-state index is 0.0676. The van der Waals surface area contributed by atoms with Crippen LogP contribution in [0.2, 0.25) is 0 Å². The van der Waals surface area contributed by atoms with Crippen molar-refractivity contribution in [1.29, 1.82) is 0 Å². The van der Waals surface area contributed by atoms with Gasteiger partial charge in [0.25, 0.3) is 5.91 Å². The molecule has 2 rings (SSSR count). The van der Waals surface area contributed by atoms with Crippen molar-refractivity contribution in [1.82, 2.24) is 5.32 Å². The van der Waals surface area contributed by atoms with E-state index >= 15 is 0 Å². The predicted molar refractivity (Wildman–Crippen MR) is 97.7 cm³/mol. The molecule has 0 saturated carbocycles. The van der Waals surface area contributed by atoms with Gasteiger partial charge in [-0.2, -0.15) is 0 Å². The van der Waals surface area contributed by atoms with Gasteiger partial charge in [0.2, 0.25) is 10.0 Å². The van der Waals surface area contributed by atoms with Crippen molar-refractivity contribution in [2.45, 2.75) is 31.0 Å². The van der Waals surface area contributed by atoms with Gasteiger partial charge in [-0.15, -0.1) is 0 Å². The largest absolute Gasteiger partial charge is 0.497 e. The maximum atomic E-state index is 12.2. The van der Waals surface area contributed by atoms with Crippen LogP contribution in [-0.2, 0) is 27.9 Å². The number of nitrogens with two attached hydrogens (primary N) is 2. The van der Waals surface area contributed by atoms with Crippen LogP contribution in [0.3, 0.4) is 0 Å². The van der Waals surface area contributed by atoms with E-state index in [4.69, 9.17) is 9.88 Å². The van der Waals surface area contributed by atoms with E-state index in [0.29, 0.717) is 13.1 Å². The molecular weight excluding hydrogens is 354 g/mol. The lowest BCUT2D eigenvalue weighted by Crippen LogP contribution is -2.90. The standard InChI is InChI=1S/C18H23N3O4S/c1-13(18(22)21-12-14-3-7-16(25-2)8-4-14)20-11-15-5-9-17(10-6-15)26(19,23)24/h3-10,13,20H,11-12H2,1-2H3,(H,21,22)(H2,19,23,24)/p+1/t13-/m1/s1. The highest BCUT2D eigenvalue weighted by molar-refractivity contribution is 7.89. The lowest BCUT2D eigenvalue weighted by molar-refractivity contribution is -0.689. The minimum atomic E-state index is -3.68. The third kappa shape index (κ3) is 5.83. The smallest absolute Gasteiger partial charge is 0.278 e. The zero-order chi connectivity index (χ0) is 19.2. The first-order valence-corrected chi connectivity index (χ1v) is 9.70. The number of methoxy groups -OCH3 is 1. The first kappa shape index (κ1) is 19.9. The van der Waals surface area contributed by atoms with Gasteiger partial charge in [0.15, 0.2) is 6.04 Å². The molecule has 26 heavy (non-hydrogen) atoms. The van der Waals surface area contributed by atoms with Crippen LogP contribution in [0.25, 0.3) is 0 Å². The van der Waals surface area contributed by atoms with Crippen molar-refractivity contribution >= 4 is 15.9 Å². The maximum Gasteiger partial charge on any atom is 0.278 e. The third-order valence-electron chi connectivity index (χ3n) is 4.00. The van der Waals surface area contributed by atoms with Crippen molar-refractivity contribution in [3.63, 3.8) is 0 Å². The summed E-state index contributed by atoms with van der Waals surface area (Å²) in [7, 11) is -2.08. The van der Waals surface area contributed by atoms with Crippen molar-refractivity contribution in [3.05, 3.63) is 59.7 Å². The van der Waals surface area contributed by atoms with E-state index in [1.807, 2.05) is 36.5 Å². The second-order valence-corrected chi connectivity index (χ2v) is 7.54. The summed E-state index contributed by atoms with van der Waals surface area (Å²) in [6, 6.07) is 13.5. The highest BCUT2D eigenvalue weighted by Crippen LogP contribution is 2.11. The number of carbonyl (C=O) groups excluding carboxylic acids is 1. The quantitative estimate of drug-likeness (QED) is 0.605. The van der Waals surface area contributed by atoms with Gasteiger partial charge in [-0.25, -0.2) is 13.6 Å². The van der Waals surface area contributed by atoms with Crippen molar-refractivity contribution in [2.24, 2.45) is 5.14 Å². The van der Waals surface area contributed by atoms with Crippen LogP contribution in [0.5, 0.6) is 5.75 Å². The molecule has 5 N–H and O–H groups in total.